The van der Waals surface area contributed by atoms with Gasteiger partial charge in [-0.1, -0.05) is 80.6 Å². The first-order valence-corrected chi connectivity index (χ1v) is 10.3. The molecule has 1 heterocycles. The van der Waals surface area contributed by atoms with E-state index in [0.29, 0.717) is 19.3 Å². The highest BCUT2D eigenvalue weighted by Gasteiger charge is 2.50. The lowest BCUT2D eigenvalue weighted by molar-refractivity contribution is -0.170. The topological polar surface area (TPSA) is 63.6 Å². The van der Waals surface area contributed by atoms with Crippen molar-refractivity contribution in [1.82, 2.24) is 0 Å². The number of Topliss-reactive ketones (excluding diaryl/α,β-unsaturated/α-hetero) is 1. The molecule has 0 amide bonds. The van der Waals surface area contributed by atoms with Crippen molar-refractivity contribution in [3.05, 3.63) is 95.8 Å². The number of aliphatic hydroxyl groups is 1. The monoisotopic (exact) mass is 404 g/mol. The number of ether oxygens (including phenoxy) is 1. The Hall–Kier alpha value is -3.14. The van der Waals surface area contributed by atoms with Crippen molar-refractivity contribution >= 4 is 11.8 Å². The highest BCUT2D eigenvalue weighted by molar-refractivity contribution is 6.11. The molecule has 2 atom stereocenters. The van der Waals surface area contributed by atoms with Crippen molar-refractivity contribution in [2.75, 3.05) is 0 Å². The van der Waals surface area contributed by atoms with Gasteiger partial charge in [0.25, 0.3) is 0 Å². The Bertz CT molecular complexity index is 944. The molecule has 3 rings (SSSR count). The normalized spacial score (nSPS) is 20.2. The summed E-state index contributed by atoms with van der Waals surface area (Å²) in [5.41, 5.74) is 0.406. The molecule has 0 aromatic heterocycles. The molecule has 0 fully saturated rings. The van der Waals surface area contributed by atoms with Crippen LogP contribution in [0.3, 0.4) is 0 Å². The highest BCUT2D eigenvalue weighted by Crippen LogP contribution is 2.39. The summed E-state index contributed by atoms with van der Waals surface area (Å²) < 4.78 is 5.85. The number of cyclic esters (lactones) is 1. The van der Waals surface area contributed by atoms with Gasteiger partial charge in [0.15, 0.2) is 11.4 Å². The van der Waals surface area contributed by atoms with E-state index >= 15 is 0 Å². The largest absolute Gasteiger partial charge is 0.504 e. The van der Waals surface area contributed by atoms with Gasteiger partial charge in [-0.15, -0.1) is 6.58 Å². The van der Waals surface area contributed by atoms with E-state index in [4.69, 9.17) is 4.74 Å². The molecule has 0 saturated heterocycles. The van der Waals surface area contributed by atoms with E-state index in [1.807, 2.05) is 74.5 Å². The van der Waals surface area contributed by atoms with Crippen molar-refractivity contribution < 1.29 is 19.4 Å². The molecule has 0 radical (unpaired) electrons. The average molecular weight is 405 g/mol. The zero-order valence-corrected chi connectivity index (χ0v) is 17.5. The Morgan fingerprint density at radius 1 is 1.03 bits per heavy atom. The van der Waals surface area contributed by atoms with Crippen LogP contribution in [0.4, 0.5) is 0 Å². The summed E-state index contributed by atoms with van der Waals surface area (Å²) in [5, 5.41) is 10.9. The third-order valence-electron chi connectivity index (χ3n) is 5.50. The van der Waals surface area contributed by atoms with Gasteiger partial charge in [-0.3, -0.25) is 4.79 Å². The summed E-state index contributed by atoms with van der Waals surface area (Å²) >= 11 is 0. The Balaban J connectivity index is 1.98. The molecule has 1 aliphatic heterocycles. The molecule has 30 heavy (non-hydrogen) atoms. The van der Waals surface area contributed by atoms with Crippen LogP contribution in [0.25, 0.3) is 0 Å². The van der Waals surface area contributed by atoms with Gasteiger partial charge < -0.3 is 9.84 Å². The summed E-state index contributed by atoms with van der Waals surface area (Å²) in [6, 6.07) is 18.9. The molecule has 4 heteroatoms. The molecule has 0 aliphatic carbocycles. The number of allylic oxidation sites excluding steroid dienone is 1. The van der Waals surface area contributed by atoms with Crippen LogP contribution in [0.2, 0.25) is 0 Å². The molecule has 2 aromatic carbocycles. The fraction of sp³-hybridized carbons (Fsp3) is 0.308. The number of hydrogen-bond acceptors (Lipinski definition) is 4. The van der Waals surface area contributed by atoms with Crippen molar-refractivity contribution in [2.45, 2.75) is 44.6 Å². The number of benzene rings is 2. The molecule has 0 spiro atoms. The average Bonchev–Trinajstić information content (AvgIpc) is 2.74. The SMILES string of the molecule is C=CC(C1=C(O)C(=O)C(CCc2ccccc2)(CC(C)C)OC1=O)c1ccccc1. The number of hydrogen-bond donors (Lipinski definition) is 1. The lowest BCUT2D eigenvalue weighted by atomic mass is 9.78. The minimum Gasteiger partial charge on any atom is -0.504 e. The van der Waals surface area contributed by atoms with Gasteiger partial charge in [0, 0.05) is 5.92 Å². The summed E-state index contributed by atoms with van der Waals surface area (Å²) in [6.45, 7) is 7.74. The highest BCUT2D eigenvalue weighted by atomic mass is 16.6. The number of aryl methyl sites for hydroxylation is 1. The van der Waals surface area contributed by atoms with Crippen LogP contribution in [-0.4, -0.2) is 22.5 Å². The minimum atomic E-state index is -1.36. The molecule has 2 unspecified atom stereocenters. The summed E-state index contributed by atoms with van der Waals surface area (Å²) in [7, 11) is 0. The summed E-state index contributed by atoms with van der Waals surface area (Å²) in [4.78, 5) is 26.5. The molecule has 1 aliphatic rings. The van der Waals surface area contributed by atoms with E-state index in [-0.39, 0.29) is 11.5 Å². The van der Waals surface area contributed by atoms with Crippen LogP contribution in [-0.2, 0) is 20.7 Å². The molecule has 4 nitrogen and oxygen atoms in total. The third-order valence-corrected chi connectivity index (χ3v) is 5.50. The lowest BCUT2D eigenvalue weighted by Crippen LogP contribution is -2.50. The van der Waals surface area contributed by atoms with Crippen LogP contribution in [0.5, 0.6) is 0 Å². The van der Waals surface area contributed by atoms with E-state index in [0.717, 1.165) is 11.1 Å². The second-order valence-corrected chi connectivity index (χ2v) is 8.18. The summed E-state index contributed by atoms with van der Waals surface area (Å²) in [5.74, 6) is -2.20. The van der Waals surface area contributed by atoms with Crippen molar-refractivity contribution in [3.63, 3.8) is 0 Å². The Labute approximate surface area is 177 Å². The lowest BCUT2D eigenvalue weighted by Gasteiger charge is -2.38. The van der Waals surface area contributed by atoms with Gasteiger partial charge in [0.2, 0.25) is 5.78 Å². The van der Waals surface area contributed by atoms with E-state index in [1.165, 1.54) is 0 Å². The van der Waals surface area contributed by atoms with Crippen LogP contribution in [0, 0.1) is 5.92 Å². The molecule has 2 aromatic rings. The third kappa shape index (κ3) is 4.38. The second kappa shape index (κ2) is 9.12. The zero-order valence-electron chi connectivity index (χ0n) is 17.5. The molecule has 0 saturated carbocycles. The number of carbonyl (C=O) groups is 2. The Morgan fingerprint density at radius 2 is 1.63 bits per heavy atom. The maximum absolute atomic E-state index is 13.4. The van der Waals surface area contributed by atoms with Crippen LogP contribution in [0.15, 0.2) is 84.7 Å². The quantitative estimate of drug-likeness (QED) is 0.478. The van der Waals surface area contributed by atoms with E-state index < -0.39 is 29.0 Å². The zero-order chi connectivity index (χ0) is 21.7. The fourth-order valence-electron chi connectivity index (χ4n) is 4.12. The van der Waals surface area contributed by atoms with Crippen molar-refractivity contribution in [1.29, 1.82) is 0 Å². The number of rotatable bonds is 8. The van der Waals surface area contributed by atoms with Crippen molar-refractivity contribution in [3.8, 4) is 0 Å². The van der Waals surface area contributed by atoms with Gasteiger partial charge >= 0.3 is 5.97 Å². The number of aliphatic hydroxyl groups excluding tert-OH is 1. The van der Waals surface area contributed by atoms with E-state index in [2.05, 4.69) is 6.58 Å². The fourth-order valence-corrected chi connectivity index (χ4v) is 4.12. The minimum absolute atomic E-state index is 0.0414. The first-order valence-electron chi connectivity index (χ1n) is 10.3. The second-order valence-electron chi connectivity index (χ2n) is 8.18. The predicted molar refractivity (Wildman–Crippen MR) is 117 cm³/mol. The smallest absolute Gasteiger partial charge is 0.339 e. The van der Waals surface area contributed by atoms with Gasteiger partial charge in [-0.2, -0.15) is 0 Å². The molecular formula is C26H28O4. The van der Waals surface area contributed by atoms with Crippen LogP contribution >= 0.6 is 0 Å². The summed E-state index contributed by atoms with van der Waals surface area (Å²) in [6.07, 6.45) is 2.79. The van der Waals surface area contributed by atoms with Gasteiger partial charge in [0.05, 0.1) is 5.57 Å². The number of carbonyl (C=O) groups excluding carboxylic acids is 2. The van der Waals surface area contributed by atoms with Gasteiger partial charge in [-0.05, 0) is 36.3 Å². The standard InChI is InChI=1S/C26H28O4/c1-4-21(20-13-9-6-10-14-20)22-23(27)24(28)26(17-18(2)3,30-25(22)29)16-15-19-11-7-5-8-12-19/h4-14,18,21,27H,1,15-17H2,2-3H3. The van der Waals surface area contributed by atoms with Crippen LogP contribution in [0.1, 0.15) is 43.7 Å². The number of ketones is 1. The molecule has 156 valence electrons. The van der Waals surface area contributed by atoms with Gasteiger partial charge in [-0.25, -0.2) is 4.79 Å². The maximum Gasteiger partial charge on any atom is 0.339 e. The van der Waals surface area contributed by atoms with Crippen LogP contribution < -0.4 is 0 Å². The maximum atomic E-state index is 13.4. The first kappa shape index (κ1) is 21.6. The molecule has 0 bridgehead atoms. The Kier molecular flexibility index (Phi) is 6.56. The van der Waals surface area contributed by atoms with E-state index in [9.17, 15) is 14.7 Å². The van der Waals surface area contributed by atoms with Gasteiger partial charge in [0.1, 0.15) is 0 Å². The first-order chi connectivity index (χ1) is 14.4. The molecular weight excluding hydrogens is 376 g/mol. The van der Waals surface area contributed by atoms with E-state index in [1.54, 1.807) is 6.08 Å². The Morgan fingerprint density at radius 3 is 2.20 bits per heavy atom. The van der Waals surface area contributed by atoms with Crippen molar-refractivity contribution in [2.24, 2.45) is 5.92 Å². The molecule has 1 N–H and O–H groups in total. The predicted octanol–water partition coefficient (Wildman–Crippen LogP) is 5.31. The number of esters is 1.